The van der Waals surface area contributed by atoms with E-state index in [-0.39, 0.29) is 12.0 Å². The van der Waals surface area contributed by atoms with Crippen LogP contribution in [-0.4, -0.2) is 28.6 Å². The first-order valence-electron chi connectivity index (χ1n) is 8.22. The fraction of sp³-hybridized carbons (Fsp3) is 0.529. The molecule has 0 radical (unpaired) electrons. The zero-order valence-electron chi connectivity index (χ0n) is 13.0. The van der Waals surface area contributed by atoms with Crippen LogP contribution >= 0.6 is 12.2 Å². The summed E-state index contributed by atoms with van der Waals surface area (Å²) < 4.78 is 5.33. The molecule has 2 unspecified atom stereocenters. The van der Waals surface area contributed by atoms with Gasteiger partial charge in [-0.2, -0.15) is 0 Å². The predicted molar refractivity (Wildman–Crippen MR) is 90.9 cm³/mol. The number of hydrogen-bond donors (Lipinski definition) is 3. The second-order valence-electron chi connectivity index (χ2n) is 6.24. The van der Waals surface area contributed by atoms with E-state index in [0.717, 1.165) is 37.6 Å². The number of carbonyl (C=O) groups is 1. The van der Waals surface area contributed by atoms with Crippen LogP contribution in [0.2, 0.25) is 0 Å². The Morgan fingerprint density at radius 1 is 1.39 bits per heavy atom. The molecule has 3 rings (SSSR count). The van der Waals surface area contributed by atoms with Crippen molar-refractivity contribution >= 4 is 29.2 Å². The molecule has 5 nitrogen and oxygen atoms in total. The Labute approximate surface area is 140 Å². The molecular weight excluding hydrogens is 312 g/mol. The molecule has 1 aromatic carbocycles. The zero-order valence-corrected chi connectivity index (χ0v) is 13.8. The van der Waals surface area contributed by atoms with Gasteiger partial charge in [0.15, 0.2) is 5.58 Å². The summed E-state index contributed by atoms with van der Waals surface area (Å²) in [7, 11) is 0. The number of oxazole rings is 1. The Morgan fingerprint density at radius 3 is 3.04 bits per heavy atom. The van der Waals surface area contributed by atoms with Gasteiger partial charge < -0.3 is 19.8 Å². The van der Waals surface area contributed by atoms with E-state index in [9.17, 15) is 9.90 Å². The SMILES string of the molecule is O=C(NCCCC1CCCCC1O)c1ccc2[nH]c(=S)oc2c1. The molecule has 2 atom stereocenters. The number of nitrogens with one attached hydrogen (secondary N) is 2. The lowest BCUT2D eigenvalue weighted by Crippen LogP contribution is -2.27. The van der Waals surface area contributed by atoms with Crippen molar-refractivity contribution in [1.82, 2.24) is 10.3 Å². The van der Waals surface area contributed by atoms with Gasteiger partial charge in [0.2, 0.25) is 0 Å². The molecule has 1 aliphatic rings. The second-order valence-corrected chi connectivity index (χ2v) is 6.61. The van der Waals surface area contributed by atoms with Crippen LogP contribution in [0.25, 0.3) is 11.1 Å². The monoisotopic (exact) mass is 334 g/mol. The van der Waals surface area contributed by atoms with Crippen molar-refractivity contribution < 1.29 is 14.3 Å². The van der Waals surface area contributed by atoms with E-state index in [4.69, 9.17) is 16.6 Å². The quantitative estimate of drug-likeness (QED) is 0.577. The number of aliphatic hydroxyl groups is 1. The van der Waals surface area contributed by atoms with Gasteiger partial charge >= 0.3 is 0 Å². The lowest BCUT2D eigenvalue weighted by molar-refractivity contribution is 0.0641. The van der Waals surface area contributed by atoms with Crippen LogP contribution in [0.4, 0.5) is 0 Å². The Balaban J connectivity index is 1.49. The summed E-state index contributed by atoms with van der Waals surface area (Å²) in [5, 5.41) is 12.9. The highest BCUT2D eigenvalue weighted by atomic mass is 32.1. The van der Waals surface area contributed by atoms with Gasteiger partial charge in [-0.25, -0.2) is 0 Å². The maximum atomic E-state index is 12.2. The van der Waals surface area contributed by atoms with Crippen molar-refractivity contribution in [3.63, 3.8) is 0 Å². The van der Waals surface area contributed by atoms with Gasteiger partial charge in [0.1, 0.15) is 0 Å². The van der Waals surface area contributed by atoms with E-state index < -0.39 is 0 Å². The van der Waals surface area contributed by atoms with Gasteiger partial charge in [-0.05, 0) is 62.0 Å². The molecule has 1 heterocycles. The third-order valence-corrected chi connectivity index (χ3v) is 4.77. The molecule has 1 amide bonds. The average Bonchev–Trinajstić information content (AvgIpc) is 2.92. The number of aromatic nitrogens is 1. The highest BCUT2D eigenvalue weighted by Gasteiger charge is 2.22. The largest absolute Gasteiger partial charge is 0.429 e. The van der Waals surface area contributed by atoms with Crippen LogP contribution in [0.1, 0.15) is 48.9 Å². The Kier molecular flexibility index (Phi) is 5.13. The van der Waals surface area contributed by atoms with Crippen LogP contribution in [0.5, 0.6) is 0 Å². The van der Waals surface area contributed by atoms with E-state index >= 15 is 0 Å². The predicted octanol–water partition coefficient (Wildman–Crippen LogP) is 3.55. The molecule has 124 valence electrons. The van der Waals surface area contributed by atoms with Crippen LogP contribution in [0, 0.1) is 10.8 Å². The number of benzene rings is 1. The van der Waals surface area contributed by atoms with Crippen LogP contribution in [0.3, 0.4) is 0 Å². The standard InChI is InChI=1S/C17H22N2O3S/c20-14-6-2-1-4-11(14)5-3-9-18-16(21)12-7-8-13-15(10-12)22-17(23)19-13/h7-8,10-11,14,20H,1-6,9H2,(H,18,21)(H,19,23). The van der Waals surface area contributed by atoms with Gasteiger partial charge in [0, 0.05) is 12.1 Å². The third kappa shape index (κ3) is 4.00. The third-order valence-electron chi connectivity index (χ3n) is 4.59. The lowest BCUT2D eigenvalue weighted by atomic mass is 9.83. The summed E-state index contributed by atoms with van der Waals surface area (Å²) in [5.41, 5.74) is 1.94. The number of amides is 1. The Bertz CT molecular complexity index is 737. The summed E-state index contributed by atoms with van der Waals surface area (Å²) in [6, 6.07) is 5.24. The van der Waals surface area contributed by atoms with Gasteiger partial charge in [-0.3, -0.25) is 4.79 Å². The van der Waals surface area contributed by atoms with Crippen molar-refractivity contribution in [3.8, 4) is 0 Å². The first-order chi connectivity index (χ1) is 11.1. The summed E-state index contributed by atoms with van der Waals surface area (Å²) in [4.78, 5) is 15.4. The number of rotatable bonds is 5. The molecule has 1 fully saturated rings. The van der Waals surface area contributed by atoms with Crippen LogP contribution < -0.4 is 5.32 Å². The average molecular weight is 334 g/mol. The number of H-pyrrole nitrogens is 1. The van der Waals surface area contributed by atoms with E-state index in [1.165, 1.54) is 6.42 Å². The lowest BCUT2D eigenvalue weighted by Gasteiger charge is -2.27. The molecule has 2 aromatic rings. The maximum Gasteiger partial charge on any atom is 0.266 e. The fourth-order valence-corrected chi connectivity index (χ4v) is 3.48. The zero-order chi connectivity index (χ0) is 16.2. The normalized spacial score (nSPS) is 21.4. The second kappa shape index (κ2) is 7.27. The minimum absolute atomic E-state index is 0.113. The molecule has 0 bridgehead atoms. The molecule has 0 saturated heterocycles. The van der Waals surface area contributed by atoms with Crippen molar-refractivity contribution in [1.29, 1.82) is 0 Å². The number of fused-ring (bicyclic) bond motifs is 1. The maximum absolute atomic E-state index is 12.2. The first-order valence-corrected chi connectivity index (χ1v) is 8.63. The van der Waals surface area contributed by atoms with Crippen molar-refractivity contribution in [3.05, 3.63) is 28.6 Å². The van der Waals surface area contributed by atoms with Crippen molar-refractivity contribution in [2.45, 2.75) is 44.6 Å². The molecule has 0 aliphatic heterocycles. The van der Waals surface area contributed by atoms with E-state index in [0.29, 0.717) is 28.4 Å². The number of hydrogen-bond acceptors (Lipinski definition) is 4. The molecular formula is C17H22N2O3S. The van der Waals surface area contributed by atoms with Gasteiger partial charge in [0.05, 0.1) is 11.6 Å². The molecule has 1 aromatic heterocycles. The van der Waals surface area contributed by atoms with E-state index in [2.05, 4.69) is 10.3 Å². The van der Waals surface area contributed by atoms with Gasteiger partial charge in [-0.15, -0.1) is 0 Å². The molecule has 1 aliphatic carbocycles. The van der Waals surface area contributed by atoms with Crippen LogP contribution in [-0.2, 0) is 0 Å². The summed E-state index contributed by atoms with van der Waals surface area (Å²) in [5.74, 6) is 0.277. The Morgan fingerprint density at radius 2 is 2.22 bits per heavy atom. The minimum Gasteiger partial charge on any atom is -0.429 e. The smallest absolute Gasteiger partial charge is 0.266 e. The molecule has 1 saturated carbocycles. The van der Waals surface area contributed by atoms with E-state index in [1.54, 1.807) is 18.2 Å². The number of aliphatic hydroxyl groups excluding tert-OH is 1. The molecule has 6 heteroatoms. The summed E-state index contributed by atoms with van der Waals surface area (Å²) >= 11 is 4.94. The van der Waals surface area contributed by atoms with E-state index in [1.807, 2.05) is 0 Å². The highest BCUT2D eigenvalue weighted by Crippen LogP contribution is 2.27. The molecule has 3 N–H and O–H groups in total. The summed E-state index contributed by atoms with van der Waals surface area (Å²) in [6.45, 7) is 0.622. The van der Waals surface area contributed by atoms with Crippen molar-refractivity contribution in [2.75, 3.05) is 6.54 Å². The van der Waals surface area contributed by atoms with Crippen LogP contribution in [0.15, 0.2) is 22.6 Å². The molecule has 23 heavy (non-hydrogen) atoms. The number of carbonyl (C=O) groups excluding carboxylic acids is 1. The van der Waals surface area contributed by atoms with Gasteiger partial charge in [-0.1, -0.05) is 12.8 Å². The minimum atomic E-state index is -0.162. The Hall–Kier alpha value is -1.66. The topological polar surface area (TPSA) is 78.3 Å². The van der Waals surface area contributed by atoms with Crippen molar-refractivity contribution in [2.24, 2.45) is 5.92 Å². The van der Waals surface area contributed by atoms with Gasteiger partial charge in [0.25, 0.3) is 10.7 Å². The summed E-state index contributed by atoms with van der Waals surface area (Å²) in [6.07, 6.45) is 6.05. The fourth-order valence-electron chi connectivity index (χ4n) is 3.28. The number of aromatic amines is 1. The highest BCUT2D eigenvalue weighted by molar-refractivity contribution is 7.71. The first kappa shape index (κ1) is 16.2. The molecule has 0 spiro atoms.